The van der Waals surface area contributed by atoms with Gasteiger partial charge in [-0.3, -0.25) is 9.59 Å². The maximum atomic E-state index is 12.7. The summed E-state index contributed by atoms with van der Waals surface area (Å²) in [6.07, 6.45) is 13.5. The Morgan fingerprint density at radius 3 is 2.16 bits per heavy atom. The van der Waals surface area contributed by atoms with Gasteiger partial charge in [0, 0.05) is 24.3 Å². The number of carbonyl (C=O) groups is 5. The van der Waals surface area contributed by atoms with Gasteiger partial charge in [0.25, 0.3) is 5.91 Å². The lowest BCUT2D eigenvalue weighted by Crippen LogP contribution is -2.35. The summed E-state index contributed by atoms with van der Waals surface area (Å²) in [6.45, 7) is 11.2. The van der Waals surface area contributed by atoms with Crippen LogP contribution in [-0.4, -0.2) is 36.7 Å². The van der Waals surface area contributed by atoms with Crippen LogP contribution in [0.4, 0.5) is 26.7 Å². The van der Waals surface area contributed by atoms with E-state index in [0.29, 0.717) is 16.8 Å². The van der Waals surface area contributed by atoms with Crippen LogP contribution in [0.2, 0.25) is 0 Å². The van der Waals surface area contributed by atoms with Gasteiger partial charge in [0.05, 0.1) is 11.4 Å². The highest BCUT2D eigenvalue weighted by Crippen LogP contribution is 2.40. The molecule has 258 valence electrons. The molecule has 0 radical (unpaired) electrons. The fraction of sp³-hybridized carbons (Fsp3) is 0.289. The normalized spacial score (nSPS) is 14.7. The summed E-state index contributed by atoms with van der Waals surface area (Å²) >= 11 is 0. The Bertz CT molecular complexity index is 1710. The minimum absolute atomic E-state index is 0.172. The van der Waals surface area contributed by atoms with Gasteiger partial charge in [-0.2, -0.15) is 0 Å². The molecule has 0 heterocycles. The molecule has 0 fully saturated rings. The van der Waals surface area contributed by atoms with Crippen LogP contribution < -0.4 is 21.3 Å². The molecule has 0 aliphatic heterocycles. The third-order valence-electron chi connectivity index (χ3n) is 7.62. The van der Waals surface area contributed by atoms with Crippen molar-refractivity contribution < 1.29 is 33.4 Å². The Balaban J connectivity index is 1.43. The Labute approximate surface area is 287 Å². The minimum atomic E-state index is -1.15. The van der Waals surface area contributed by atoms with E-state index in [0.717, 1.165) is 12.0 Å². The Hall–Kier alpha value is -5.71. The molecule has 2 aromatic carbocycles. The molecule has 4 N–H and O–H groups in total. The molecule has 11 nitrogen and oxygen atoms in total. The molecule has 49 heavy (non-hydrogen) atoms. The van der Waals surface area contributed by atoms with Gasteiger partial charge in [-0.05, 0) is 93.0 Å². The van der Waals surface area contributed by atoms with Crippen molar-refractivity contribution in [2.45, 2.75) is 60.8 Å². The monoisotopic (exact) mass is 668 g/mol. The Morgan fingerprint density at radius 1 is 0.837 bits per heavy atom. The van der Waals surface area contributed by atoms with Crippen LogP contribution in [0.15, 0.2) is 107 Å². The molecule has 5 amide bonds. The average Bonchev–Trinajstić information content (AvgIpc) is 3.01. The van der Waals surface area contributed by atoms with Crippen LogP contribution in [0.3, 0.4) is 0 Å². The number of urea groups is 1. The third kappa shape index (κ3) is 12.8. The molecule has 2 aromatic rings. The number of alkyl carbamates (subject to hydrolysis) is 1. The quantitative estimate of drug-likeness (QED) is 0.0815. The van der Waals surface area contributed by atoms with Crippen molar-refractivity contribution in [3.63, 3.8) is 0 Å². The van der Waals surface area contributed by atoms with Crippen LogP contribution in [0, 0.1) is 5.41 Å². The summed E-state index contributed by atoms with van der Waals surface area (Å²) in [7, 11) is 0. The van der Waals surface area contributed by atoms with Crippen LogP contribution in [0.25, 0.3) is 0 Å². The molecule has 0 aromatic heterocycles. The molecule has 1 aliphatic rings. The topological polar surface area (TPSA) is 152 Å². The van der Waals surface area contributed by atoms with E-state index >= 15 is 0 Å². The van der Waals surface area contributed by atoms with E-state index in [1.807, 2.05) is 24.4 Å². The second-order valence-corrected chi connectivity index (χ2v) is 12.3. The maximum Gasteiger partial charge on any atom is 0.418 e. The van der Waals surface area contributed by atoms with Gasteiger partial charge in [-0.1, -0.05) is 67.5 Å². The lowest BCUT2D eigenvalue weighted by Gasteiger charge is -2.32. The van der Waals surface area contributed by atoms with Crippen molar-refractivity contribution in [2.75, 3.05) is 22.7 Å². The SMILES string of the molecule is CC(=O)Nc1ccc(C(=O)Nc2ccccc2NC(=O)NC(=O)OCOC(=O)/C=C(C)/C=C/C=C(C)/C=C/C2=C(C)CCCC2(C)C)cc1. The molecule has 0 spiro atoms. The number of hydrogen-bond acceptors (Lipinski definition) is 7. The third-order valence-corrected chi connectivity index (χ3v) is 7.62. The van der Waals surface area contributed by atoms with Crippen LogP contribution >= 0.6 is 0 Å². The average molecular weight is 669 g/mol. The summed E-state index contributed by atoms with van der Waals surface area (Å²) in [5.41, 5.74) is 6.02. The summed E-state index contributed by atoms with van der Waals surface area (Å²) < 4.78 is 9.70. The number of ether oxygens (including phenoxy) is 2. The number of anilines is 3. The van der Waals surface area contributed by atoms with Gasteiger partial charge in [-0.15, -0.1) is 0 Å². The number of allylic oxidation sites excluding steroid dienone is 9. The predicted molar refractivity (Wildman–Crippen MR) is 191 cm³/mol. The standard InChI is InChI=1S/C38H44N4O7/c1-25(16-21-31-27(3)13-10-22-38(31,5)6)11-9-12-26(2)23-34(44)48-24-49-37(47)42-36(46)41-33-15-8-7-14-32(33)40-35(45)29-17-19-30(20-18-29)39-28(4)43/h7-9,11-12,14-21,23H,10,13,22,24H2,1-6H3,(H,39,43)(H,40,45)(H2,41,42,46,47)/b12-9+,21-16+,25-11+,26-23+. The highest BCUT2D eigenvalue weighted by molar-refractivity contribution is 6.08. The van der Waals surface area contributed by atoms with E-state index in [2.05, 4.69) is 48.9 Å². The van der Waals surface area contributed by atoms with E-state index in [1.165, 1.54) is 55.2 Å². The number of esters is 1. The van der Waals surface area contributed by atoms with E-state index in [1.54, 1.807) is 43.3 Å². The highest BCUT2D eigenvalue weighted by Gasteiger charge is 2.26. The molecule has 0 atom stereocenters. The summed E-state index contributed by atoms with van der Waals surface area (Å²) in [6, 6.07) is 11.7. The number of hydrogen-bond donors (Lipinski definition) is 4. The summed E-state index contributed by atoms with van der Waals surface area (Å²) in [4.78, 5) is 60.6. The van der Waals surface area contributed by atoms with Gasteiger partial charge >= 0.3 is 18.1 Å². The van der Waals surface area contributed by atoms with Gasteiger partial charge in [0.2, 0.25) is 12.7 Å². The second-order valence-electron chi connectivity index (χ2n) is 12.3. The van der Waals surface area contributed by atoms with E-state index in [4.69, 9.17) is 9.47 Å². The molecule has 0 saturated carbocycles. The summed E-state index contributed by atoms with van der Waals surface area (Å²) in [5, 5.41) is 9.73. The first-order valence-electron chi connectivity index (χ1n) is 15.8. The van der Waals surface area contributed by atoms with E-state index in [-0.39, 0.29) is 22.7 Å². The van der Waals surface area contributed by atoms with E-state index in [9.17, 15) is 24.0 Å². The molecule has 3 rings (SSSR count). The van der Waals surface area contributed by atoms with Gasteiger partial charge in [0.1, 0.15) is 0 Å². The first-order valence-corrected chi connectivity index (χ1v) is 15.8. The molecule has 0 bridgehead atoms. The first kappa shape index (κ1) is 37.7. The molecule has 11 heteroatoms. The molecular formula is C38H44N4O7. The number of benzene rings is 2. The number of imide groups is 1. The lowest BCUT2D eigenvalue weighted by atomic mass is 9.72. The molecule has 0 unspecified atom stereocenters. The van der Waals surface area contributed by atoms with E-state index < -0.39 is 30.8 Å². The largest absolute Gasteiger partial charge is 0.425 e. The number of carbonyl (C=O) groups excluding carboxylic acids is 5. The van der Waals surface area contributed by atoms with Gasteiger partial charge in [-0.25, -0.2) is 19.7 Å². The first-order chi connectivity index (χ1) is 23.2. The predicted octanol–water partition coefficient (Wildman–Crippen LogP) is 8.19. The van der Waals surface area contributed by atoms with Crippen molar-refractivity contribution in [1.29, 1.82) is 0 Å². The smallest absolute Gasteiger partial charge is 0.418 e. The zero-order valence-electron chi connectivity index (χ0n) is 28.8. The number of rotatable bonds is 11. The minimum Gasteiger partial charge on any atom is -0.425 e. The second kappa shape index (κ2) is 18.0. The molecular weight excluding hydrogens is 624 g/mol. The van der Waals surface area contributed by atoms with Gasteiger partial charge in [0.15, 0.2) is 0 Å². The highest BCUT2D eigenvalue weighted by atomic mass is 16.7. The van der Waals surface area contributed by atoms with Crippen molar-refractivity contribution >= 4 is 47.0 Å². The number of para-hydroxylation sites is 2. The Kier molecular flexibility index (Phi) is 13.9. The Morgan fingerprint density at radius 2 is 1.51 bits per heavy atom. The number of amides is 5. The van der Waals surface area contributed by atoms with Crippen LogP contribution in [0.5, 0.6) is 0 Å². The fourth-order valence-corrected chi connectivity index (χ4v) is 5.14. The molecule has 1 aliphatic carbocycles. The fourth-order valence-electron chi connectivity index (χ4n) is 5.14. The van der Waals surface area contributed by atoms with Crippen molar-refractivity contribution in [2.24, 2.45) is 5.41 Å². The van der Waals surface area contributed by atoms with Crippen molar-refractivity contribution in [3.8, 4) is 0 Å². The number of nitrogens with one attached hydrogen (secondary N) is 4. The zero-order valence-corrected chi connectivity index (χ0v) is 28.8. The van der Waals surface area contributed by atoms with Gasteiger partial charge < -0.3 is 25.4 Å². The summed E-state index contributed by atoms with van der Waals surface area (Å²) in [5.74, 6) is -1.42. The van der Waals surface area contributed by atoms with Crippen molar-refractivity contribution in [1.82, 2.24) is 5.32 Å². The zero-order chi connectivity index (χ0) is 36.0. The van der Waals surface area contributed by atoms with Crippen LogP contribution in [0.1, 0.15) is 71.2 Å². The maximum absolute atomic E-state index is 12.7. The van der Waals surface area contributed by atoms with Crippen molar-refractivity contribution in [3.05, 3.63) is 113 Å². The molecule has 0 saturated heterocycles. The lowest BCUT2D eigenvalue weighted by molar-refractivity contribution is -0.145. The van der Waals surface area contributed by atoms with Crippen LogP contribution in [-0.2, 0) is 19.1 Å².